The van der Waals surface area contributed by atoms with Crippen molar-refractivity contribution in [2.45, 2.75) is 13.8 Å². The van der Waals surface area contributed by atoms with E-state index in [2.05, 4.69) is 10.3 Å². The van der Waals surface area contributed by atoms with Crippen molar-refractivity contribution in [1.29, 1.82) is 0 Å². The molecule has 1 aromatic heterocycles. The monoisotopic (exact) mass is 270 g/mol. The molecule has 2 rings (SSSR count). The van der Waals surface area contributed by atoms with Gasteiger partial charge in [-0.15, -0.1) is 0 Å². The lowest BCUT2D eigenvalue weighted by molar-refractivity contribution is 0.101. The summed E-state index contributed by atoms with van der Waals surface area (Å²) in [5, 5.41) is 2.62. The third kappa shape index (κ3) is 2.83. The predicted molar refractivity (Wildman–Crippen MR) is 76.2 cm³/mol. The van der Waals surface area contributed by atoms with Crippen molar-refractivity contribution in [1.82, 2.24) is 4.98 Å². The van der Waals surface area contributed by atoms with Crippen molar-refractivity contribution < 1.29 is 9.59 Å². The number of hydrogen-bond acceptors (Lipinski definition) is 3. The number of H-pyrrole nitrogens is 1. The van der Waals surface area contributed by atoms with Crippen LogP contribution < -0.4 is 10.9 Å². The summed E-state index contributed by atoms with van der Waals surface area (Å²) in [5.74, 6) is -0.583. The number of Topliss-reactive ketones (excluding diaryl/α,β-unsaturated/α-hetero) is 1. The first-order valence-corrected chi connectivity index (χ1v) is 6.09. The van der Waals surface area contributed by atoms with Crippen LogP contribution in [0.3, 0.4) is 0 Å². The Bertz CT molecular complexity index is 732. The molecular formula is C15H14N2O3. The van der Waals surface area contributed by atoms with E-state index < -0.39 is 11.5 Å². The number of rotatable bonds is 3. The molecule has 0 atom stereocenters. The number of hydrogen-bond donors (Lipinski definition) is 2. The average molecular weight is 270 g/mol. The van der Waals surface area contributed by atoms with Crippen LogP contribution in [0.4, 0.5) is 5.69 Å². The maximum Gasteiger partial charge on any atom is 0.261 e. The van der Waals surface area contributed by atoms with Crippen molar-refractivity contribution in [3.63, 3.8) is 0 Å². The molecule has 0 aliphatic carbocycles. The zero-order valence-electron chi connectivity index (χ0n) is 11.2. The van der Waals surface area contributed by atoms with E-state index in [1.165, 1.54) is 13.1 Å². The lowest BCUT2D eigenvalue weighted by Crippen LogP contribution is -2.24. The van der Waals surface area contributed by atoms with Gasteiger partial charge in [0.1, 0.15) is 5.56 Å². The van der Waals surface area contributed by atoms with Crippen molar-refractivity contribution in [3.05, 3.63) is 63.6 Å². The van der Waals surface area contributed by atoms with Gasteiger partial charge in [0.05, 0.1) is 0 Å². The lowest BCUT2D eigenvalue weighted by atomic mass is 10.1. The lowest BCUT2D eigenvalue weighted by Gasteiger charge is -2.07. The minimum absolute atomic E-state index is 0.0701. The van der Waals surface area contributed by atoms with E-state index >= 15 is 0 Å². The molecule has 102 valence electrons. The first kappa shape index (κ1) is 13.7. The van der Waals surface area contributed by atoms with E-state index in [0.29, 0.717) is 16.8 Å². The van der Waals surface area contributed by atoms with Gasteiger partial charge >= 0.3 is 0 Å². The van der Waals surface area contributed by atoms with Crippen LogP contribution >= 0.6 is 0 Å². The molecule has 2 N–H and O–H groups in total. The Balaban J connectivity index is 2.31. The van der Waals surface area contributed by atoms with Gasteiger partial charge in [0, 0.05) is 17.4 Å². The maximum atomic E-state index is 12.1. The van der Waals surface area contributed by atoms with Gasteiger partial charge in [0.2, 0.25) is 0 Å². The average Bonchev–Trinajstić information content (AvgIpc) is 2.38. The normalized spacial score (nSPS) is 10.1. The summed E-state index contributed by atoms with van der Waals surface area (Å²) >= 11 is 0. The van der Waals surface area contributed by atoms with Gasteiger partial charge in [-0.1, -0.05) is 12.1 Å². The standard InChI is InChI=1S/C15H14N2O3/c1-9-6-7-16-14(19)13(9)15(20)17-12-5-3-4-11(8-12)10(2)18/h3-8H,1-2H3,(H,16,19)(H,17,20). The molecule has 5 nitrogen and oxygen atoms in total. The van der Waals surface area contributed by atoms with Crippen LogP contribution in [0, 0.1) is 6.92 Å². The number of amides is 1. The molecule has 0 radical (unpaired) electrons. The Morgan fingerprint density at radius 1 is 1.20 bits per heavy atom. The summed E-state index contributed by atoms with van der Waals surface area (Å²) < 4.78 is 0. The Morgan fingerprint density at radius 3 is 2.60 bits per heavy atom. The number of nitrogens with one attached hydrogen (secondary N) is 2. The van der Waals surface area contributed by atoms with Crippen LogP contribution in [0.5, 0.6) is 0 Å². The smallest absolute Gasteiger partial charge is 0.261 e. The molecule has 0 aliphatic rings. The van der Waals surface area contributed by atoms with Crippen LogP contribution in [0.25, 0.3) is 0 Å². The van der Waals surface area contributed by atoms with E-state index in [4.69, 9.17) is 0 Å². The summed E-state index contributed by atoms with van der Waals surface area (Å²) in [4.78, 5) is 37.6. The SMILES string of the molecule is CC(=O)c1cccc(NC(=O)c2c(C)cc[nH]c2=O)c1. The molecule has 5 heteroatoms. The second-order valence-electron chi connectivity index (χ2n) is 4.46. The van der Waals surface area contributed by atoms with Crippen molar-refractivity contribution >= 4 is 17.4 Å². The van der Waals surface area contributed by atoms with Crippen LogP contribution in [0.15, 0.2) is 41.3 Å². The summed E-state index contributed by atoms with van der Waals surface area (Å²) in [6.07, 6.45) is 1.49. The van der Waals surface area contributed by atoms with Crippen LogP contribution in [-0.2, 0) is 0 Å². The van der Waals surface area contributed by atoms with Crippen LogP contribution in [0.2, 0.25) is 0 Å². The zero-order chi connectivity index (χ0) is 14.7. The van der Waals surface area contributed by atoms with Gasteiger partial charge in [-0.2, -0.15) is 0 Å². The highest BCUT2D eigenvalue weighted by molar-refractivity contribution is 6.05. The molecule has 0 saturated heterocycles. The highest BCUT2D eigenvalue weighted by atomic mass is 16.2. The molecule has 20 heavy (non-hydrogen) atoms. The zero-order valence-corrected chi connectivity index (χ0v) is 11.2. The van der Waals surface area contributed by atoms with E-state index in [1.54, 1.807) is 37.3 Å². The van der Waals surface area contributed by atoms with E-state index in [1.807, 2.05) is 0 Å². The van der Waals surface area contributed by atoms with E-state index in [0.717, 1.165) is 0 Å². The summed E-state index contributed by atoms with van der Waals surface area (Å²) in [5.41, 5.74) is 1.20. The molecular weight excluding hydrogens is 256 g/mol. The fraction of sp³-hybridized carbons (Fsp3) is 0.133. The third-order valence-corrected chi connectivity index (χ3v) is 2.92. The minimum Gasteiger partial charge on any atom is -0.328 e. The van der Waals surface area contributed by atoms with Crippen molar-refractivity contribution in [2.75, 3.05) is 5.32 Å². The third-order valence-electron chi connectivity index (χ3n) is 2.92. The van der Waals surface area contributed by atoms with Gasteiger partial charge in [-0.25, -0.2) is 0 Å². The number of ketones is 1. The summed E-state index contributed by atoms with van der Waals surface area (Å²) in [6.45, 7) is 3.14. The molecule has 0 saturated carbocycles. The second-order valence-corrected chi connectivity index (χ2v) is 4.46. The highest BCUT2D eigenvalue weighted by Gasteiger charge is 2.13. The number of aromatic amines is 1. The Hall–Kier alpha value is -2.69. The van der Waals surface area contributed by atoms with Gasteiger partial charge in [-0.3, -0.25) is 14.4 Å². The van der Waals surface area contributed by atoms with Gasteiger partial charge in [0.15, 0.2) is 5.78 Å². The van der Waals surface area contributed by atoms with Crippen molar-refractivity contribution in [3.8, 4) is 0 Å². The molecule has 0 spiro atoms. The largest absolute Gasteiger partial charge is 0.328 e. The molecule has 1 heterocycles. The fourth-order valence-corrected chi connectivity index (χ4v) is 1.87. The first-order chi connectivity index (χ1) is 9.49. The summed E-state index contributed by atoms with van der Waals surface area (Å²) in [6, 6.07) is 8.23. The number of anilines is 1. The fourth-order valence-electron chi connectivity index (χ4n) is 1.87. The number of carbonyl (C=O) groups is 2. The van der Waals surface area contributed by atoms with Crippen LogP contribution in [0.1, 0.15) is 33.2 Å². The highest BCUT2D eigenvalue weighted by Crippen LogP contribution is 2.12. The molecule has 1 aromatic carbocycles. The van der Waals surface area contributed by atoms with Crippen molar-refractivity contribution in [2.24, 2.45) is 0 Å². The number of aromatic nitrogens is 1. The number of carbonyl (C=O) groups excluding carboxylic acids is 2. The molecule has 0 fully saturated rings. The quantitative estimate of drug-likeness (QED) is 0.839. The minimum atomic E-state index is -0.495. The van der Waals surface area contributed by atoms with E-state index in [-0.39, 0.29) is 11.3 Å². The summed E-state index contributed by atoms with van der Waals surface area (Å²) in [7, 11) is 0. The molecule has 0 aliphatic heterocycles. The molecule has 0 bridgehead atoms. The van der Waals surface area contributed by atoms with Crippen LogP contribution in [-0.4, -0.2) is 16.7 Å². The molecule has 1 amide bonds. The number of pyridine rings is 1. The predicted octanol–water partition coefficient (Wildman–Crippen LogP) is 2.14. The first-order valence-electron chi connectivity index (χ1n) is 6.09. The second kappa shape index (κ2) is 5.52. The van der Waals surface area contributed by atoms with E-state index in [9.17, 15) is 14.4 Å². The van der Waals surface area contributed by atoms with Gasteiger partial charge < -0.3 is 10.3 Å². The van der Waals surface area contributed by atoms with Gasteiger partial charge in [-0.05, 0) is 37.6 Å². The Kier molecular flexibility index (Phi) is 3.79. The topological polar surface area (TPSA) is 79.0 Å². The number of benzene rings is 1. The Labute approximate surface area is 115 Å². The molecule has 2 aromatic rings. The van der Waals surface area contributed by atoms with Gasteiger partial charge in [0.25, 0.3) is 11.5 Å². The Morgan fingerprint density at radius 2 is 1.95 bits per heavy atom. The number of aryl methyl sites for hydroxylation is 1. The molecule has 0 unspecified atom stereocenters. The maximum absolute atomic E-state index is 12.1.